The van der Waals surface area contributed by atoms with Crippen molar-refractivity contribution < 1.29 is 14.7 Å². The first kappa shape index (κ1) is 18.3. The van der Waals surface area contributed by atoms with Crippen molar-refractivity contribution in [2.45, 2.75) is 19.4 Å². The minimum absolute atomic E-state index is 0.0535. The number of carbonyl (C=O) groups is 2. The van der Waals surface area contributed by atoms with Crippen LogP contribution in [0, 0.1) is 5.92 Å². The fourth-order valence-electron chi connectivity index (χ4n) is 3.28. The van der Waals surface area contributed by atoms with Crippen LogP contribution in [-0.2, 0) is 11.3 Å². The Bertz CT molecular complexity index is 960. The molecular formula is C19H19N5O3S. The van der Waals surface area contributed by atoms with Crippen molar-refractivity contribution in [2.24, 2.45) is 5.92 Å². The second kappa shape index (κ2) is 7.89. The number of carboxylic acids is 1. The van der Waals surface area contributed by atoms with E-state index in [9.17, 15) is 9.59 Å². The summed E-state index contributed by atoms with van der Waals surface area (Å²) in [5.74, 6) is -1.17. The Hall–Kier alpha value is -3.07. The smallest absolute Gasteiger partial charge is 0.306 e. The summed E-state index contributed by atoms with van der Waals surface area (Å²) in [6, 6.07) is 7.42. The van der Waals surface area contributed by atoms with Crippen LogP contribution in [0.4, 0.5) is 0 Å². The molecule has 1 aliphatic heterocycles. The Morgan fingerprint density at radius 2 is 1.93 bits per heavy atom. The summed E-state index contributed by atoms with van der Waals surface area (Å²) in [5.41, 5.74) is 2.36. The van der Waals surface area contributed by atoms with Gasteiger partial charge in [0.15, 0.2) is 0 Å². The highest BCUT2D eigenvalue weighted by atomic mass is 32.1. The Morgan fingerprint density at radius 1 is 1.18 bits per heavy atom. The van der Waals surface area contributed by atoms with E-state index < -0.39 is 5.97 Å². The number of hydrogen-bond donors (Lipinski definition) is 1. The monoisotopic (exact) mass is 397 g/mol. The number of thiazole rings is 1. The number of carboxylic acid groups (broad SMARTS) is 1. The van der Waals surface area contributed by atoms with E-state index in [1.165, 1.54) is 11.3 Å². The molecule has 8 nitrogen and oxygen atoms in total. The maximum absolute atomic E-state index is 12.6. The van der Waals surface area contributed by atoms with Crippen LogP contribution in [0.2, 0.25) is 0 Å². The first-order valence-electron chi connectivity index (χ1n) is 9.01. The first-order valence-corrected chi connectivity index (χ1v) is 9.89. The van der Waals surface area contributed by atoms with Gasteiger partial charge in [0.25, 0.3) is 5.91 Å². The summed E-state index contributed by atoms with van der Waals surface area (Å²) in [4.78, 5) is 29.6. The van der Waals surface area contributed by atoms with Gasteiger partial charge >= 0.3 is 5.97 Å². The average Bonchev–Trinajstić information content (AvgIpc) is 3.40. The fourth-order valence-corrected chi connectivity index (χ4v) is 3.86. The number of carbonyl (C=O) groups excluding carboxylic acids is 1. The molecule has 1 amide bonds. The number of likely N-dealkylation sites (tertiary alicyclic amines) is 1. The fraction of sp³-hybridized carbons (Fsp3) is 0.316. The lowest BCUT2D eigenvalue weighted by atomic mass is 9.96. The molecule has 144 valence electrons. The van der Waals surface area contributed by atoms with E-state index >= 15 is 0 Å². The van der Waals surface area contributed by atoms with E-state index in [4.69, 9.17) is 5.11 Å². The summed E-state index contributed by atoms with van der Waals surface area (Å²) in [5, 5.41) is 20.1. The number of aromatic nitrogens is 4. The number of benzene rings is 1. The van der Waals surface area contributed by atoms with Crippen molar-refractivity contribution in [3.8, 4) is 10.7 Å². The highest BCUT2D eigenvalue weighted by molar-refractivity contribution is 7.13. The summed E-state index contributed by atoms with van der Waals surface area (Å²) in [7, 11) is 0. The van der Waals surface area contributed by atoms with Gasteiger partial charge in [0.05, 0.1) is 18.7 Å². The lowest BCUT2D eigenvalue weighted by molar-refractivity contribution is -0.143. The maximum Gasteiger partial charge on any atom is 0.306 e. The molecule has 0 saturated carbocycles. The molecule has 0 spiro atoms. The van der Waals surface area contributed by atoms with Gasteiger partial charge in [-0.3, -0.25) is 9.59 Å². The summed E-state index contributed by atoms with van der Waals surface area (Å²) >= 11 is 1.51. The molecule has 28 heavy (non-hydrogen) atoms. The molecule has 2 aromatic heterocycles. The van der Waals surface area contributed by atoms with Crippen LogP contribution in [0.25, 0.3) is 10.7 Å². The van der Waals surface area contributed by atoms with Crippen molar-refractivity contribution in [3.63, 3.8) is 0 Å². The van der Waals surface area contributed by atoms with E-state index in [1.54, 1.807) is 27.9 Å². The van der Waals surface area contributed by atoms with Crippen molar-refractivity contribution in [1.82, 2.24) is 24.9 Å². The minimum atomic E-state index is -0.775. The molecule has 0 atom stereocenters. The Kier molecular flexibility index (Phi) is 5.16. The molecule has 3 heterocycles. The van der Waals surface area contributed by atoms with E-state index in [1.807, 2.05) is 23.7 Å². The molecule has 4 rings (SSSR count). The second-order valence-corrected chi connectivity index (χ2v) is 7.63. The quantitative estimate of drug-likeness (QED) is 0.709. The van der Waals surface area contributed by atoms with E-state index in [0.717, 1.165) is 16.3 Å². The van der Waals surface area contributed by atoms with Gasteiger partial charge in [-0.2, -0.15) is 0 Å². The number of rotatable bonds is 5. The first-order chi connectivity index (χ1) is 13.6. The van der Waals surface area contributed by atoms with Crippen LogP contribution >= 0.6 is 11.3 Å². The molecule has 0 aliphatic carbocycles. The normalized spacial score (nSPS) is 14.9. The van der Waals surface area contributed by atoms with Gasteiger partial charge in [-0.25, -0.2) is 9.67 Å². The van der Waals surface area contributed by atoms with Gasteiger partial charge in [-0.05, 0) is 30.5 Å². The zero-order valence-electron chi connectivity index (χ0n) is 15.1. The lowest BCUT2D eigenvalue weighted by Crippen LogP contribution is -2.40. The zero-order chi connectivity index (χ0) is 19.5. The molecule has 1 aromatic carbocycles. The standard InChI is InChI=1S/C19H19N5O3S/c25-18(23-8-5-15(6-9-23)19(26)27)14-3-1-13(2-4-14)11-24-12-16(21-22-24)17-20-7-10-28-17/h1-4,7,10,12,15H,5-6,8-9,11H2,(H,26,27). The van der Waals surface area contributed by atoms with Crippen molar-refractivity contribution in [3.05, 3.63) is 53.2 Å². The number of nitrogens with zero attached hydrogens (tertiary/aromatic N) is 5. The van der Waals surface area contributed by atoms with Gasteiger partial charge in [0.1, 0.15) is 10.7 Å². The van der Waals surface area contributed by atoms with Crippen LogP contribution in [-0.4, -0.2) is 55.0 Å². The van der Waals surface area contributed by atoms with Gasteiger partial charge in [-0.1, -0.05) is 17.3 Å². The summed E-state index contributed by atoms with van der Waals surface area (Å²) in [6.07, 6.45) is 4.60. The van der Waals surface area contributed by atoms with E-state index in [2.05, 4.69) is 15.3 Å². The van der Waals surface area contributed by atoms with Crippen molar-refractivity contribution in [1.29, 1.82) is 0 Å². The van der Waals surface area contributed by atoms with E-state index in [-0.39, 0.29) is 11.8 Å². The number of hydrogen-bond acceptors (Lipinski definition) is 6. The zero-order valence-corrected chi connectivity index (χ0v) is 15.9. The third-order valence-corrected chi connectivity index (χ3v) is 5.66. The number of aliphatic carboxylic acids is 1. The second-order valence-electron chi connectivity index (χ2n) is 6.74. The highest BCUT2D eigenvalue weighted by Crippen LogP contribution is 2.20. The van der Waals surface area contributed by atoms with E-state index in [0.29, 0.717) is 38.0 Å². The average molecular weight is 397 g/mol. The maximum atomic E-state index is 12.6. The molecule has 0 radical (unpaired) electrons. The molecule has 0 bridgehead atoms. The largest absolute Gasteiger partial charge is 0.481 e. The van der Waals surface area contributed by atoms with Crippen LogP contribution in [0.3, 0.4) is 0 Å². The number of amides is 1. The molecule has 0 unspecified atom stereocenters. The molecule has 3 aromatic rings. The predicted molar refractivity (Wildman–Crippen MR) is 103 cm³/mol. The molecular weight excluding hydrogens is 378 g/mol. The Balaban J connectivity index is 1.37. The minimum Gasteiger partial charge on any atom is -0.481 e. The molecule has 1 saturated heterocycles. The number of piperidine rings is 1. The third kappa shape index (κ3) is 3.94. The lowest BCUT2D eigenvalue weighted by Gasteiger charge is -2.30. The Labute approximate surface area is 165 Å². The van der Waals surface area contributed by atoms with Crippen molar-refractivity contribution >= 4 is 23.2 Å². The molecule has 1 N–H and O–H groups in total. The van der Waals surface area contributed by atoms with Crippen LogP contribution in [0.5, 0.6) is 0 Å². The van der Waals surface area contributed by atoms with Gasteiger partial charge in [0, 0.05) is 30.2 Å². The Morgan fingerprint density at radius 3 is 2.57 bits per heavy atom. The highest BCUT2D eigenvalue weighted by Gasteiger charge is 2.27. The van der Waals surface area contributed by atoms with Crippen molar-refractivity contribution in [2.75, 3.05) is 13.1 Å². The molecule has 1 fully saturated rings. The van der Waals surface area contributed by atoms with Gasteiger partial charge < -0.3 is 10.0 Å². The van der Waals surface area contributed by atoms with Gasteiger partial charge in [-0.15, -0.1) is 16.4 Å². The third-order valence-electron chi connectivity index (χ3n) is 4.87. The molecule has 9 heteroatoms. The van der Waals surface area contributed by atoms with Crippen LogP contribution in [0.1, 0.15) is 28.8 Å². The summed E-state index contributed by atoms with van der Waals surface area (Å²) < 4.78 is 1.74. The SMILES string of the molecule is O=C(O)C1CCN(C(=O)c2ccc(Cn3cc(-c4nccs4)nn3)cc2)CC1. The van der Waals surface area contributed by atoms with Crippen LogP contribution in [0.15, 0.2) is 42.0 Å². The topological polar surface area (TPSA) is 101 Å². The predicted octanol–water partition coefficient (Wildman–Crippen LogP) is 2.39. The molecule has 1 aliphatic rings. The summed E-state index contributed by atoms with van der Waals surface area (Å²) in [6.45, 7) is 1.52. The van der Waals surface area contributed by atoms with Crippen LogP contribution < -0.4 is 0 Å². The van der Waals surface area contributed by atoms with Gasteiger partial charge in [0.2, 0.25) is 0 Å².